The van der Waals surface area contributed by atoms with Crippen LogP contribution in [0.1, 0.15) is 24.0 Å². The number of hydrogen-bond acceptors (Lipinski definition) is 6. The highest BCUT2D eigenvalue weighted by Gasteiger charge is 2.23. The average Bonchev–Trinajstić information content (AvgIpc) is 3.24. The lowest BCUT2D eigenvalue weighted by molar-refractivity contribution is -0.124. The monoisotopic (exact) mass is 427 g/mol. The van der Waals surface area contributed by atoms with E-state index < -0.39 is 27.6 Å². The highest BCUT2D eigenvalue weighted by atomic mass is 32.2. The van der Waals surface area contributed by atoms with E-state index in [0.29, 0.717) is 35.5 Å². The number of nitriles is 1. The second-order valence-electron chi connectivity index (χ2n) is 6.96. The van der Waals surface area contributed by atoms with E-state index in [4.69, 9.17) is 10.00 Å². The second kappa shape index (κ2) is 9.52. The van der Waals surface area contributed by atoms with Crippen LogP contribution in [0.4, 0.5) is 11.4 Å². The molecule has 156 valence electrons. The molecule has 2 amide bonds. The van der Waals surface area contributed by atoms with E-state index >= 15 is 0 Å². The number of sulfone groups is 1. The molecule has 3 rings (SSSR count). The van der Waals surface area contributed by atoms with Gasteiger partial charge >= 0.3 is 0 Å². The van der Waals surface area contributed by atoms with Gasteiger partial charge in [0.1, 0.15) is 11.9 Å². The van der Waals surface area contributed by atoms with Crippen LogP contribution in [0.25, 0.3) is 0 Å². The number of hydrogen-bond donors (Lipinski definition) is 2. The first-order valence-corrected chi connectivity index (χ1v) is 11.2. The summed E-state index contributed by atoms with van der Waals surface area (Å²) in [5, 5.41) is 14.1. The lowest BCUT2D eigenvalue weighted by Gasteiger charge is -2.11. The van der Waals surface area contributed by atoms with Gasteiger partial charge in [0, 0.05) is 18.0 Å². The van der Waals surface area contributed by atoms with Crippen LogP contribution in [0.2, 0.25) is 0 Å². The van der Waals surface area contributed by atoms with Crippen LogP contribution >= 0.6 is 0 Å². The third-order valence-electron chi connectivity index (χ3n) is 4.48. The van der Waals surface area contributed by atoms with E-state index in [-0.39, 0.29) is 11.7 Å². The quantitative estimate of drug-likeness (QED) is 0.698. The summed E-state index contributed by atoms with van der Waals surface area (Å²) in [6, 6.07) is 14.5. The molecule has 1 aliphatic rings. The van der Waals surface area contributed by atoms with Crippen molar-refractivity contribution in [3.63, 3.8) is 0 Å². The largest absolute Gasteiger partial charge is 0.368 e. The lowest BCUT2D eigenvalue weighted by Crippen LogP contribution is -2.26. The molecule has 9 heteroatoms. The highest BCUT2D eigenvalue weighted by Crippen LogP contribution is 2.17. The Hall–Kier alpha value is -3.22. The van der Waals surface area contributed by atoms with Crippen LogP contribution in [-0.2, 0) is 29.9 Å². The van der Waals surface area contributed by atoms with E-state index in [0.717, 1.165) is 6.42 Å². The van der Waals surface area contributed by atoms with E-state index in [9.17, 15) is 18.0 Å². The SMILES string of the molecule is N#Cc1ccc(CS(=O)(=O)CC(=O)Nc2ccc(NC(=O)[C@H]3CCCO3)cc2)cc1. The Kier molecular flexibility index (Phi) is 6.82. The van der Waals surface area contributed by atoms with Gasteiger partial charge in [0.15, 0.2) is 9.84 Å². The Balaban J connectivity index is 1.52. The molecular weight excluding hydrogens is 406 g/mol. The zero-order chi connectivity index (χ0) is 21.6. The summed E-state index contributed by atoms with van der Waals surface area (Å²) in [7, 11) is -3.67. The van der Waals surface area contributed by atoms with Crippen LogP contribution < -0.4 is 10.6 Å². The molecule has 1 aliphatic heterocycles. The number of nitrogens with one attached hydrogen (secondary N) is 2. The Bertz CT molecular complexity index is 1050. The molecule has 0 spiro atoms. The molecule has 1 heterocycles. The lowest BCUT2D eigenvalue weighted by atomic mass is 10.2. The topological polar surface area (TPSA) is 125 Å². The van der Waals surface area contributed by atoms with Crippen LogP contribution in [0.5, 0.6) is 0 Å². The van der Waals surface area contributed by atoms with Gasteiger partial charge in [0.05, 0.1) is 17.4 Å². The van der Waals surface area contributed by atoms with E-state index in [1.54, 1.807) is 36.4 Å². The van der Waals surface area contributed by atoms with Crippen molar-refractivity contribution in [1.82, 2.24) is 0 Å². The van der Waals surface area contributed by atoms with E-state index in [2.05, 4.69) is 10.6 Å². The van der Waals surface area contributed by atoms with Gasteiger partial charge in [-0.1, -0.05) is 12.1 Å². The Morgan fingerprint density at radius 1 is 1.03 bits per heavy atom. The second-order valence-corrected chi connectivity index (χ2v) is 9.02. The van der Waals surface area contributed by atoms with Crippen molar-refractivity contribution in [1.29, 1.82) is 5.26 Å². The summed E-state index contributed by atoms with van der Waals surface area (Å²) in [6.45, 7) is 0.580. The first-order valence-electron chi connectivity index (χ1n) is 9.36. The van der Waals surface area contributed by atoms with Crippen LogP contribution in [0.15, 0.2) is 48.5 Å². The van der Waals surface area contributed by atoms with Gasteiger partial charge < -0.3 is 15.4 Å². The van der Waals surface area contributed by atoms with Gasteiger partial charge in [-0.05, 0) is 54.8 Å². The predicted molar refractivity (Wildman–Crippen MR) is 111 cm³/mol. The molecule has 0 unspecified atom stereocenters. The van der Waals surface area contributed by atoms with Crippen molar-refractivity contribution in [2.45, 2.75) is 24.7 Å². The maximum atomic E-state index is 12.3. The molecule has 0 saturated carbocycles. The fourth-order valence-electron chi connectivity index (χ4n) is 3.02. The van der Waals surface area contributed by atoms with Gasteiger partial charge in [0.2, 0.25) is 5.91 Å². The molecular formula is C21H21N3O5S. The molecule has 0 aliphatic carbocycles. The third-order valence-corrected chi connectivity index (χ3v) is 5.95. The number of nitrogens with zero attached hydrogens (tertiary/aromatic N) is 1. The van der Waals surface area contributed by atoms with Crippen LogP contribution in [-0.4, -0.2) is 38.7 Å². The zero-order valence-electron chi connectivity index (χ0n) is 16.1. The van der Waals surface area contributed by atoms with Gasteiger partial charge in [-0.25, -0.2) is 8.42 Å². The first-order chi connectivity index (χ1) is 14.3. The maximum Gasteiger partial charge on any atom is 0.253 e. The summed E-state index contributed by atoms with van der Waals surface area (Å²) in [5.74, 6) is -1.82. The molecule has 1 atom stereocenters. The standard InChI is InChI=1S/C21H21N3O5S/c22-12-15-3-5-16(6-4-15)13-30(27,28)14-20(25)23-17-7-9-18(10-8-17)24-21(26)19-2-1-11-29-19/h3-10,19H,1-2,11,13-14H2,(H,23,25)(H,24,26)/t19-/m1/s1. The molecule has 0 aromatic heterocycles. The van der Waals surface area contributed by atoms with Crippen molar-refractivity contribution in [2.75, 3.05) is 23.0 Å². The van der Waals surface area contributed by atoms with Gasteiger partial charge in [-0.15, -0.1) is 0 Å². The summed E-state index contributed by atoms with van der Waals surface area (Å²) in [4.78, 5) is 24.2. The number of ether oxygens (including phenoxy) is 1. The predicted octanol–water partition coefficient (Wildman–Crippen LogP) is 2.23. The van der Waals surface area contributed by atoms with Crippen molar-refractivity contribution in [2.24, 2.45) is 0 Å². The normalized spacial score (nSPS) is 15.9. The third kappa shape index (κ3) is 6.14. The minimum Gasteiger partial charge on any atom is -0.368 e. The maximum absolute atomic E-state index is 12.3. The Morgan fingerprint density at radius 3 is 2.23 bits per heavy atom. The minimum absolute atomic E-state index is 0.210. The van der Waals surface area contributed by atoms with Gasteiger partial charge in [-0.3, -0.25) is 9.59 Å². The Labute approximate surface area is 174 Å². The van der Waals surface area contributed by atoms with Crippen LogP contribution in [0, 0.1) is 11.3 Å². The highest BCUT2D eigenvalue weighted by molar-refractivity contribution is 7.91. The van der Waals surface area contributed by atoms with Crippen molar-refractivity contribution < 1.29 is 22.7 Å². The average molecular weight is 427 g/mol. The van der Waals surface area contributed by atoms with Crippen molar-refractivity contribution in [3.05, 3.63) is 59.7 Å². The van der Waals surface area contributed by atoms with E-state index in [1.165, 1.54) is 12.1 Å². The summed E-state index contributed by atoms with van der Waals surface area (Å²) >= 11 is 0. The molecule has 8 nitrogen and oxygen atoms in total. The molecule has 1 saturated heterocycles. The number of anilines is 2. The zero-order valence-corrected chi connectivity index (χ0v) is 16.9. The van der Waals surface area contributed by atoms with Crippen molar-refractivity contribution >= 4 is 33.0 Å². The molecule has 1 fully saturated rings. The summed E-state index contributed by atoms with van der Waals surface area (Å²) in [6.07, 6.45) is 1.11. The first kappa shape index (κ1) is 21.5. The minimum atomic E-state index is -3.67. The molecule has 2 N–H and O–H groups in total. The number of amides is 2. The van der Waals surface area contributed by atoms with Gasteiger partial charge in [-0.2, -0.15) is 5.26 Å². The smallest absolute Gasteiger partial charge is 0.253 e. The molecule has 2 aromatic carbocycles. The van der Waals surface area contributed by atoms with Gasteiger partial charge in [0.25, 0.3) is 5.91 Å². The molecule has 2 aromatic rings. The Morgan fingerprint density at radius 2 is 1.67 bits per heavy atom. The van der Waals surface area contributed by atoms with E-state index in [1.807, 2.05) is 6.07 Å². The number of carbonyl (C=O) groups excluding carboxylic acids is 2. The fraction of sp³-hybridized carbons (Fsp3) is 0.286. The molecule has 0 radical (unpaired) electrons. The molecule has 30 heavy (non-hydrogen) atoms. The van der Waals surface area contributed by atoms with Crippen LogP contribution in [0.3, 0.4) is 0 Å². The fourth-order valence-corrected chi connectivity index (χ4v) is 4.30. The number of benzene rings is 2. The summed E-state index contributed by atoms with van der Waals surface area (Å²) < 4.78 is 29.9. The molecule has 0 bridgehead atoms. The summed E-state index contributed by atoms with van der Waals surface area (Å²) in [5.41, 5.74) is 1.92. The number of carbonyl (C=O) groups is 2. The van der Waals surface area contributed by atoms with Crippen molar-refractivity contribution in [3.8, 4) is 6.07 Å². The number of rotatable bonds is 7.